The third kappa shape index (κ3) is 5.55. The summed E-state index contributed by atoms with van der Waals surface area (Å²) < 4.78 is 19.0. The number of allylic oxidation sites excluding steroid dienone is 1. The Morgan fingerprint density at radius 1 is 1.17 bits per heavy atom. The average Bonchev–Trinajstić information content (AvgIpc) is 3.52. The number of furan rings is 1. The summed E-state index contributed by atoms with van der Waals surface area (Å²) in [6.07, 6.45) is 1.26. The lowest BCUT2D eigenvalue weighted by molar-refractivity contribution is -0.384. The van der Waals surface area contributed by atoms with Gasteiger partial charge in [0.05, 0.1) is 39.5 Å². The van der Waals surface area contributed by atoms with Crippen molar-refractivity contribution in [3.63, 3.8) is 0 Å². The molecule has 0 aliphatic carbocycles. The summed E-state index contributed by atoms with van der Waals surface area (Å²) in [5, 5.41) is 11.3. The highest BCUT2D eigenvalue weighted by Gasteiger charge is 2.34. The van der Waals surface area contributed by atoms with Crippen molar-refractivity contribution in [1.29, 1.82) is 0 Å². The second-order valence-electron chi connectivity index (χ2n) is 10.00. The van der Waals surface area contributed by atoms with Gasteiger partial charge in [0.1, 0.15) is 17.3 Å². The van der Waals surface area contributed by atoms with Gasteiger partial charge < -0.3 is 13.9 Å². The van der Waals surface area contributed by atoms with E-state index in [4.69, 9.17) is 13.9 Å². The topological polar surface area (TPSA) is 126 Å². The molecule has 0 N–H and O–H groups in total. The molecule has 1 atom stereocenters. The Morgan fingerprint density at radius 2 is 1.90 bits per heavy atom. The lowest BCUT2D eigenvalue weighted by atomic mass is 9.96. The predicted octanol–water partition coefficient (Wildman–Crippen LogP) is 5.06. The van der Waals surface area contributed by atoms with E-state index in [0.29, 0.717) is 50.0 Å². The molecule has 11 heteroatoms. The predicted molar refractivity (Wildman–Crippen MR) is 158 cm³/mol. The van der Waals surface area contributed by atoms with Gasteiger partial charge in [0, 0.05) is 23.8 Å². The number of thiazole rings is 1. The summed E-state index contributed by atoms with van der Waals surface area (Å²) in [5.74, 6) is 0.974. The van der Waals surface area contributed by atoms with Crippen LogP contribution in [0.1, 0.15) is 50.6 Å². The first-order chi connectivity index (χ1) is 20.1. The van der Waals surface area contributed by atoms with Crippen LogP contribution in [0.15, 0.2) is 80.1 Å². The number of carbonyl (C=O) groups is 1. The number of non-ortho nitro benzene ring substituents is 1. The monoisotopic (exact) mass is 587 g/mol. The third-order valence-corrected chi connectivity index (χ3v) is 7.67. The van der Waals surface area contributed by atoms with Crippen molar-refractivity contribution >= 4 is 29.1 Å². The smallest absolute Gasteiger partial charge is 0.338 e. The molecule has 0 radical (unpaired) electrons. The van der Waals surface area contributed by atoms with E-state index in [1.807, 2.05) is 26.0 Å². The highest BCUT2D eigenvalue weighted by Crippen LogP contribution is 2.32. The van der Waals surface area contributed by atoms with Crippen molar-refractivity contribution in [2.24, 2.45) is 4.99 Å². The van der Waals surface area contributed by atoms with Crippen LogP contribution in [0.5, 0.6) is 5.75 Å². The van der Waals surface area contributed by atoms with E-state index in [9.17, 15) is 19.7 Å². The molecule has 5 rings (SSSR count). The number of nitro groups is 1. The maximum atomic E-state index is 13.9. The van der Waals surface area contributed by atoms with Crippen LogP contribution < -0.4 is 19.6 Å². The molecular formula is C31H29N3O7S. The summed E-state index contributed by atoms with van der Waals surface area (Å²) in [5.41, 5.74) is 2.47. The van der Waals surface area contributed by atoms with E-state index < -0.39 is 16.9 Å². The normalized spacial score (nSPS) is 15.0. The van der Waals surface area contributed by atoms with Gasteiger partial charge in [0.25, 0.3) is 11.2 Å². The summed E-state index contributed by atoms with van der Waals surface area (Å²) in [6.45, 7) is 9.50. The first-order valence-corrected chi connectivity index (χ1v) is 14.2. The number of nitro benzene ring substituents is 1. The van der Waals surface area contributed by atoms with Gasteiger partial charge in [-0.15, -0.1) is 0 Å². The van der Waals surface area contributed by atoms with E-state index in [1.165, 1.54) is 28.0 Å². The van der Waals surface area contributed by atoms with Crippen molar-refractivity contribution in [2.45, 2.75) is 46.8 Å². The largest absolute Gasteiger partial charge is 0.494 e. The minimum atomic E-state index is -0.759. The Kier molecular flexibility index (Phi) is 7.95. The zero-order chi connectivity index (χ0) is 30.1. The van der Waals surface area contributed by atoms with Gasteiger partial charge in [-0.25, -0.2) is 9.79 Å². The highest BCUT2D eigenvalue weighted by molar-refractivity contribution is 7.07. The highest BCUT2D eigenvalue weighted by atomic mass is 32.1. The molecular weight excluding hydrogens is 558 g/mol. The van der Waals surface area contributed by atoms with Crippen molar-refractivity contribution in [3.8, 4) is 17.1 Å². The van der Waals surface area contributed by atoms with E-state index in [0.717, 1.165) is 5.56 Å². The molecule has 0 unspecified atom stereocenters. The van der Waals surface area contributed by atoms with Gasteiger partial charge in [-0.1, -0.05) is 29.5 Å². The van der Waals surface area contributed by atoms with Gasteiger partial charge in [0.15, 0.2) is 4.80 Å². The summed E-state index contributed by atoms with van der Waals surface area (Å²) >= 11 is 1.18. The Hall–Kier alpha value is -4.77. The van der Waals surface area contributed by atoms with Crippen molar-refractivity contribution < 1.29 is 23.6 Å². The lowest BCUT2D eigenvalue weighted by Crippen LogP contribution is -2.40. The standard InChI is InChI=1S/C31H29N3O7S/c1-6-39-22-11-8-20(9-12-22)28-27(30(36)40-17(2)3)19(5)32-31-33(28)29(35)26(42-31)16-23-13-14-25(41-23)24-15-21(34(37)38)10-7-18(24)4/h7-17,28H,6H2,1-5H3/b26-16+/t28-/m0/s1. The molecule has 0 amide bonds. The third-order valence-electron chi connectivity index (χ3n) is 6.69. The van der Waals surface area contributed by atoms with Crippen LogP contribution in [0.25, 0.3) is 17.4 Å². The molecule has 3 heterocycles. The Morgan fingerprint density at radius 3 is 2.57 bits per heavy atom. The molecule has 0 saturated heterocycles. The second-order valence-corrected chi connectivity index (χ2v) is 11.0. The lowest BCUT2D eigenvalue weighted by Gasteiger charge is -2.25. The summed E-state index contributed by atoms with van der Waals surface area (Å²) in [7, 11) is 0. The van der Waals surface area contributed by atoms with Crippen LogP contribution in [-0.4, -0.2) is 28.2 Å². The van der Waals surface area contributed by atoms with E-state index in [-0.39, 0.29) is 22.9 Å². The number of benzene rings is 2. The van der Waals surface area contributed by atoms with Crippen LogP contribution in [-0.2, 0) is 9.53 Å². The van der Waals surface area contributed by atoms with Crippen LogP contribution in [0, 0.1) is 17.0 Å². The van der Waals surface area contributed by atoms with Crippen molar-refractivity contribution in [1.82, 2.24) is 4.57 Å². The molecule has 0 spiro atoms. The Balaban J connectivity index is 1.61. The molecule has 0 saturated carbocycles. The van der Waals surface area contributed by atoms with Gasteiger partial charge in [-0.2, -0.15) is 0 Å². The number of hydrogen-bond acceptors (Lipinski definition) is 9. The Labute approximate surface area is 245 Å². The van der Waals surface area contributed by atoms with Gasteiger partial charge in [0.2, 0.25) is 0 Å². The van der Waals surface area contributed by atoms with Crippen LogP contribution >= 0.6 is 11.3 Å². The minimum Gasteiger partial charge on any atom is -0.494 e. The molecule has 4 aromatic rings. The Bertz CT molecular complexity index is 1900. The molecule has 10 nitrogen and oxygen atoms in total. The molecule has 0 fully saturated rings. The molecule has 2 aromatic heterocycles. The number of ether oxygens (including phenoxy) is 2. The van der Waals surface area contributed by atoms with Gasteiger partial charge in [-0.05, 0) is 70.0 Å². The van der Waals surface area contributed by atoms with Gasteiger partial charge >= 0.3 is 5.97 Å². The molecule has 216 valence electrons. The number of rotatable bonds is 8. The van der Waals surface area contributed by atoms with Crippen LogP contribution in [0.4, 0.5) is 5.69 Å². The molecule has 2 aromatic carbocycles. The van der Waals surface area contributed by atoms with Crippen LogP contribution in [0.2, 0.25) is 0 Å². The first-order valence-electron chi connectivity index (χ1n) is 13.4. The number of carbonyl (C=O) groups excluding carboxylic acids is 1. The summed E-state index contributed by atoms with van der Waals surface area (Å²) in [6, 6.07) is 14.5. The molecule has 1 aliphatic heterocycles. The fraction of sp³-hybridized carbons (Fsp3) is 0.258. The fourth-order valence-corrected chi connectivity index (χ4v) is 5.81. The number of nitrogens with zero attached hydrogens (tertiary/aromatic N) is 3. The zero-order valence-electron chi connectivity index (χ0n) is 23.7. The first kappa shape index (κ1) is 28.7. The minimum absolute atomic E-state index is 0.0432. The van der Waals surface area contributed by atoms with Crippen molar-refractivity contribution in [2.75, 3.05) is 6.61 Å². The number of aryl methyl sites for hydroxylation is 1. The van der Waals surface area contributed by atoms with Gasteiger partial charge in [-0.3, -0.25) is 19.5 Å². The van der Waals surface area contributed by atoms with E-state index in [2.05, 4.69) is 4.99 Å². The van der Waals surface area contributed by atoms with E-state index in [1.54, 1.807) is 57.2 Å². The quantitative estimate of drug-likeness (QED) is 0.160. The zero-order valence-corrected chi connectivity index (χ0v) is 24.6. The molecule has 0 bridgehead atoms. The second kappa shape index (κ2) is 11.6. The molecule has 1 aliphatic rings. The van der Waals surface area contributed by atoms with E-state index >= 15 is 0 Å². The maximum Gasteiger partial charge on any atom is 0.338 e. The van der Waals surface area contributed by atoms with Crippen molar-refractivity contribution in [3.05, 3.63) is 113 Å². The number of hydrogen-bond donors (Lipinski definition) is 0. The van der Waals surface area contributed by atoms with Crippen LogP contribution in [0.3, 0.4) is 0 Å². The number of esters is 1. The maximum absolute atomic E-state index is 13.9. The number of fused-ring (bicyclic) bond motifs is 1. The molecule has 42 heavy (non-hydrogen) atoms. The fourth-order valence-electron chi connectivity index (χ4n) is 4.78. The summed E-state index contributed by atoms with van der Waals surface area (Å²) in [4.78, 5) is 43.0. The SMILES string of the molecule is CCOc1ccc([C@H]2C(C(=O)OC(C)C)=C(C)N=c3s/c(=C/c4ccc(-c5cc([N+](=O)[O-])ccc5C)o4)c(=O)n32)cc1. The number of aromatic nitrogens is 1. The average molecular weight is 588 g/mol.